The van der Waals surface area contributed by atoms with Crippen LogP contribution < -0.4 is 15.4 Å². The van der Waals surface area contributed by atoms with Gasteiger partial charge in [-0.05, 0) is 44.5 Å². The van der Waals surface area contributed by atoms with Crippen molar-refractivity contribution in [2.24, 2.45) is 5.92 Å². The summed E-state index contributed by atoms with van der Waals surface area (Å²) in [5.74, 6) is 0.0625. The average molecular weight is 303 g/mol. The van der Waals surface area contributed by atoms with E-state index in [2.05, 4.69) is 10.6 Å². The summed E-state index contributed by atoms with van der Waals surface area (Å²) >= 11 is 0. The molecule has 112 valence electrons. The highest BCUT2D eigenvalue weighted by Gasteiger charge is 2.18. The first-order valence-corrected chi connectivity index (χ1v) is 6.62. The number of benzene rings is 1. The molecule has 4 nitrogen and oxygen atoms in total. The van der Waals surface area contributed by atoms with E-state index in [9.17, 15) is 9.18 Å². The van der Waals surface area contributed by atoms with Gasteiger partial charge in [0.05, 0.1) is 6.61 Å². The highest BCUT2D eigenvalue weighted by molar-refractivity contribution is 5.90. The van der Waals surface area contributed by atoms with Crippen molar-refractivity contribution < 1.29 is 13.9 Å². The van der Waals surface area contributed by atoms with Crippen molar-refractivity contribution in [1.29, 1.82) is 0 Å². The number of carbonyl (C=O) groups excluding carboxylic acids is 1. The monoisotopic (exact) mass is 302 g/mol. The summed E-state index contributed by atoms with van der Waals surface area (Å²) in [5, 5.41) is 5.93. The Morgan fingerprint density at radius 2 is 2.35 bits per heavy atom. The molecule has 2 N–H and O–H groups in total. The molecule has 1 unspecified atom stereocenters. The topological polar surface area (TPSA) is 50.4 Å². The van der Waals surface area contributed by atoms with Crippen LogP contribution in [0.4, 0.5) is 10.1 Å². The Bertz CT molecular complexity index is 451. The lowest BCUT2D eigenvalue weighted by Crippen LogP contribution is -2.18. The van der Waals surface area contributed by atoms with E-state index in [0.29, 0.717) is 24.6 Å². The van der Waals surface area contributed by atoms with Gasteiger partial charge in [-0.3, -0.25) is 4.79 Å². The lowest BCUT2D eigenvalue weighted by atomic mass is 10.0. The number of hydrogen-bond donors (Lipinski definition) is 2. The maximum absolute atomic E-state index is 13.6. The maximum atomic E-state index is 13.6. The molecule has 1 aromatic carbocycles. The van der Waals surface area contributed by atoms with Crippen molar-refractivity contribution in [1.82, 2.24) is 5.32 Å². The fraction of sp³-hybridized carbons (Fsp3) is 0.500. The number of rotatable bonds is 5. The first-order valence-electron chi connectivity index (χ1n) is 6.62. The van der Waals surface area contributed by atoms with Gasteiger partial charge in [0.1, 0.15) is 0 Å². The van der Waals surface area contributed by atoms with Crippen molar-refractivity contribution in [3.8, 4) is 5.75 Å². The van der Waals surface area contributed by atoms with Crippen LogP contribution in [-0.2, 0) is 4.79 Å². The molecule has 0 aliphatic carbocycles. The number of halogens is 2. The summed E-state index contributed by atoms with van der Waals surface area (Å²) in [6.45, 7) is 4.06. The van der Waals surface area contributed by atoms with Crippen LogP contribution in [0.1, 0.15) is 19.8 Å². The van der Waals surface area contributed by atoms with Gasteiger partial charge < -0.3 is 15.4 Å². The van der Waals surface area contributed by atoms with E-state index in [0.717, 1.165) is 19.5 Å². The molecule has 1 aromatic rings. The van der Waals surface area contributed by atoms with E-state index < -0.39 is 5.82 Å². The van der Waals surface area contributed by atoms with E-state index in [1.807, 2.05) is 0 Å². The lowest BCUT2D eigenvalue weighted by molar-refractivity contribution is -0.116. The smallest absolute Gasteiger partial charge is 0.224 e. The third-order valence-corrected chi connectivity index (χ3v) is 3.15. The molecule has 0 spiro atoms. The van der Waals surface area contributed by atoms with Crippen molar-refractivity contribution in [2.45, 2.75) is 19.8 Å². The van der Waals surface area contributed by atoms with Crippen molar-refractivity contribution in [2.75, 3.05) is 25.0 Å². The van der Waals surface area contributed by atoms with Gasteiger partial charge in [0, 0.05) is 18.2 Å². The molecule has 1 amide bonds. The number of ether oxygens (including phenoxy) is 1. The largest absolute Gasteiger partial charge is 0.491 e. The van der Waals surface area contributed by atoms with Crippen molar-refractivity contribution in [3.63, 3.8) is 0 Å². The van der Waals surface area contributed by atoms with Crippen molar-refractivity contribution >= 4 is 24.0 Å². The highest BCUT2D eigenvalue weighted by atomic mass is 35.5. The Balaban J connectivity index is 0.00000200. The molecule has 6 heteroatoms. The Labute approximate surface area is 124 Å². The van der Waals surface area contributed by atoms with E-state index in [4.69, 9.17) is 4.74 Å². The first-order chi connectivity index (χ1) is 9.19. The minimum Gasteiger partial charge on any atom is -0.491 e. The zero-order valence-electron chi connectivity index (χ0n) is 11.4. The minimum absolute atomic E-state index is 0. The summed E-state index contributed by atoms with van der Waals surface area (Å²) in [7, 11) is 0. The van der Waals surface area contributed by atoms with Gasteiger partial charge in [-0.2, -0.15) is 0 Å². The van der Waals surface area contributed by atoms with Crippen LogP contribution in [0.5, 0.6) is 5.75 Å². The third kappa shape index (κ3) is 4.65. The van der Waals surface area contributed by atoms with Crippen molar-refractivity contribution in [3.05, 3.63) is 24.0 Å². The third-order valence-electron chi connectivity index (χ3n) is 3.15. The molecule has 0 bridgehead atoms. The molecule has 2 rings (SSSR count). The van der Waals surface area contributed by atoms with Crippen LogP contribution in [0, 0.1) is 11.7 Å². The van der Waals surface area contributed by atoms with Gasteiger partial charge in [0.2, 0.25) is 5.91 Å². The molecule has 1 fully saturated rings. The van der Waals surface area contributed by atoms with Crippen LogP contribution in [-0.4, -0.2) is 25.6 Å². The first kappa shape index (κ1) is 16.7. The quantitative estimate of drug-likeness (QED) is 0.879. The summed E-state index contributed by atoms with van der Waals surface area (Å²) in [6.07, 6.45) is 1.49. The molecule has 0 saturated carbocycles. The molecule has 0 radical (unpaired) electrons. The molecule has 1 heterocycles. The maximum Gasteiger partial charge on any atom is 0.224 e. The predicted molar refractivity (Wildman–Crippen MR) is 79.0 cm³/mol. The summed E-state index contributed by atoms with van der Waals surface area (Å²) < 4.78 is 18.7. The molecule has 1 saturated heterocycles. The number of amides is 1. The summed E-state index contributed by atoms with van der Waals surface area (Å²) in [5.41, 5.74) is 0.469. The fourth-order valence-electron chi connectivity index (χ4n) is 2.21. The SMILES string of the molecule is CCOc1ccc(NC(=O)CC2CCNC2)cc1F.Cl. The van der Waals surface area contributed by atoms with Gasteiger partial charge in [0.25, 0.3) is 0 Å². The predicted octanol–water partition coefficient (Wildman–Crippen LogP) is 2.58. The Kier molecular flexibility index (Phi) is 6.75. The number of anilines is 1. The standard InChI is InChI=1S/C14H19FN2O2.ClH/c1-2-19-13-4-3-11(8-12(13)15)17-14(18)7-10-5-6-16-9-10;/h3-4,8,10,16H,2,5-7,9H2,1H3,(H,17,18);1H. The summed E-state index contributed by atoms with van der Waals surface area (Å²) in [6, 6.07) is 4.47. The van der Waals surface area contributed by atoms with Gasteiger partial charge >= 0.3 is 0 Å². The number of carbonyl (C=O) groups is 1. The fourth-order valence-corrected chi connectivity index (χ4v) is 2.21. The zero-order chi connectivity index (χ0) is 13.7. The minimum atomic E-state index is -0.456. The Morgan fingerprint density at radius 1 is 1.55 bits per heavy atom. The van der Waals surface area contributed by atoms with E-state index in [1.165, 1.54) is 12.1 Å². The zero-order valence-corrected chi connectivity index (χ0v) is 12.3. The number of hydrogen-bond acceptors (Lipinski definition) is 3. The van der Waals surface area contributed by atoms with Crippen LogP contribution in [0.25, 0.3) is 0 Å². The second-order valence-corrected chi connectivity index (χ2v) is 4.69. The molecule has 0 aromatic heterocycles. The normalized spacial score (nSPS) is 17.4. The van der Waals surface area contributed by atoms with Crippen LogP contribution in [0.3, 0.4) is 0 Å². The van der Waals surface area contributed by atoms with Gasteiger partial charge in [0.15, 0.2) is 11.6 Å². The summed E-state index contributed by atoms with van der Waals surface area (Å²) in [4.78, 5) is 11.8. The van der Waals surface area contributed by atoms with Gasteiger partial charge in [-0.1, -0.05) is 0 Å². The molecule has 1 atom stereocenters. The molecular formula is C14H20ClFN2O2. The Hall–Kier alpha value is -1.33. The Morgan fingerprint density at radius 3 is 2.95 bits per heavy atom. The van der Waals surface area contributed by atoms with Crippen LogP contribution in [0.2, 0.25) is 0 Å². The molecule has 20 heavy (non-hydrogen) atoms. The molecule has 1 aliphatic heterocycles. The lowest BCUT2D eigenvalue weighted by Gasteiger charge is -2.10. The van der Waals surface area contributed by atoms with Crippen LogP contribution in [0.15, 0.2) is 18.2 Å². The highest BCUT2D eigenvalue weighted by Crippen LogP contribution is 2.22. The number of nitrogens with one attached hydrogen (secondary N) is 2. The second kappa shape index (κ2) is 8.07. The molecule has 1 aliphatic rings. The van der Waals surface area contributed by atoms with Crippen LogP contribution >= 0.6 is 12.4 Å². The van der Waals surface area contributed by atoms with E-state index >= 15 is 0 Å². The van der Waals surface area contributed by atoms with E-state index in [1.54, 1.807) is 13.0 Å². The second-order valence-electron chi connectivity index (χ2n) is 4.69. The van der Waals surface area contributed by atoms with E-state index in [-0.39, 0.29) is 24.1 Å². The van der Waals surface area contributed by atoms with Gasteiger partial charge in [-0.15, -0.1) is 12.4 Å². The van der Waals surface area contributed by atoms with Gasteiger partial charge in [-0.25, -0.2) is 4.39 Å². The average Bonchev–Trinajstić information content (AvgIpc) is 2.85. The molecular weight excluding hydrogens is 283 g/mol.